The third-order valence-electron chi connectivity index (χ3n) is 3.14. The lowest BCUT2D eigenvalue weighted by atomic mass is 10.2. The van der Waals surface area contributed by atoms with Gasteiger partial charge in [-0.3, -0.25) is 9.55 Å². The van der Waals surface area contributed by atoms with E-state index in [1.165, 1.54) is 0 Å². The zero-order valence-electron chi connectivity index (χ0n) is 12.3. The van der Waals surface area contributed by atoms with Gasteiger partial charge in [-0.2, -0.15) is 0 Å². The molecule has 3 rings (SSSR count). The van der Waals surface area contributed by atoms with Crippen LogP contribution in [0.25, 0.3) is 11.5 Å². The van der Waals surface area contributed by atoms with Crippen molar-refractivity contribution in [3.05, 3.63) is 66.1 Å². The first-order valence-electron chi connectivity index (χ1n) is 6.96. The Balaban J connectivity index is 1.86. The molecule has 23 heavy (non-hydrogen) atoms. The summed E-state index contributed by atoms with van der Waals surface area (Å²) in [6.07, 6.45) is 6.75. The van der Waals surface area contributed by atoms with Crippen LogP contribution in [-0.4, -0.2) is 24.7 Å². The van der Waals surface area contributed by atoms with E-state index in [0.29, 0.717) is 18.1 Å². The van der Waals surface area contributed by atoms with Crippen molar-refractivity contribution in [2.75, 3.05) is 0 Å². The van der Waals surface area contributed by atoms with Crippen LogP contribution in [0.15, 0.2) is 60.7 Å². The van der Waals surface area contributed by atoms with Crippen LogP contribution in [0.4, 0.5) is 0 Å². The van der Waals surface area contributed by atoms with Gasteiger partial charge in [-0.15, -0.1) is 16.8 Å². The van der Waals surface area contributed by atoms with Crippen molar-refractivity contribution in [2.45, 2.75) is 17.5 Å². The third kappa shape index (κ3) is 3.60. The summed E-state index contributed by atoms with van der Waals surface area (Å²) in [5.74, 6) is 1.40. The predicted octanol–water partition coefficient (Wildman–Crippen LogP) is 3.87. The fraction of sp³-hybridized carbons (Fsp3) is 0.125. The number of hydrogen-bond donors (Lipinski definition) is 0. The Morgan fingerprint density at radius 1 is 1.22 bits per heavy atom. The van der Waals surface area contributed by atoms with Crippen LogP contribution in [0.2, 0.25) is 5.02 Å². The van der Waals surface area contributed by atoms with Crippen molar-refractivity contribution in [3.63, 3.8) is 0 Å². The lowest BCUT2D eigenvalue weighted by Gasteiger charge is -2.07. The highest BCUT2D eigenvalue weighted by Gasteiger charge is 2.15. The largest absolute Gasteiger partial charge is 0.297 e. The highest BCUT2D eigenvalue weighted by Crippen LogP contribution is 2.27. The van der Waals surface area contributed by atoms with Crippen LogP contribution >= 0.6 is 23.4 Å². The minimum absolute atomic E-state index is 0.601. The Bertz CT molecular complexity index is 803. The molecule has 2 heterocycles. The Morgan fingerprint density at radius 2 is 2.09 bits per heavy atom. The molecule has 116 valence electrons. The van der Waals surface area contributed by atoms with Gasteiger partial charge in [0.1, 0.15) is 5.69 Å². The Labute approximate surface area is 143 Å². The van der Waals surface area contributed by atoms with Gasteiger partial charge >= 0.3 is 0 Å². The molecule has 0 bridgehead atoms. The zero-order chi connectivity index (χ0) is 16.1. The van der Waals surface area contributed by atoms with Crippen molar-refractivity contribution >= 4 is 23.4 Å². The molecule has 0 spiro atoms. The lowest BCUT2D eigenvalue weighted by Crippen LogP contribution is -2.02. The van der Waals surface area contributed by atoms with E-state index in [-0.39, 0.29) is 0 Å². The number of thioether (sulfide) groups is 1. The SMILES string of the molecule is C=CCn1c(SCc2ccccc2Cl)nnc1-c1cnccn1. The average molecular weight is 344 g/mol. The lowest BCUT2D eigenvalue weighted by molar-refractivity contribution is 0.729. The van der Waals surface area contributed by atoms with Crippen molar-refractivity contribution in [2.24, 2.45) is 0 Å². The van der Waals surface area contributed by atoms with E-state index in [9.17, 15) is 0 Å². The molecule has 1 aromatic carbocycles. The average Bonchev–Trinajstić information content (AvgIpc) is 2.98. The van der Waals surface area contributed by atoms with Crippen LogP contribution < -0.4 is 0 Å². The molecule has 2 aromatic heterocycles. The van der Waals surface area contributed by atoms with Crippen molar-refractivity contribution in [1.82, 2.24) is 24.7 Å². The molecular weight excluding hydrogens is 330 g/mol. The molecule has 0 N–H and O–H groups in total. The van der Waals surface area contributed by atoms with E-state index in [1.807, 2.05) is 34.9 Å². The second kappa shape index (κ2) is 7.39. The van der Waals surface area contributed by atoms with Gasteiger partial charge < -0.3 is 0 Å². The van der Waals surface area contributed by atoms with Gasteiger partial charge in [0.25, 0.3) is 0 Å². The number of aromatic nitrogens is 5. The molecule has 5 nitrogen and oxygen atoms in total. The summed E-state index contributed by atoms with van der Waals surface area (Å²) in [7, 11) is 0. The summed E-state index contributed by atoms with van der Waals surface area (Å²) in [4.78, 5) is 8.37. The van der Waals surface area contributed by atoms with Crippen molar-refractivity contribution < 1.29 is 0 Å². The molecular formula is C16H14ClN5S. The summed E-state index contributed by atoms with van der Waals surface area (Å²) >= 11 is 7.78. The van der Waals surface area contributed by atoms with E-state index in [2.05, 4.69) is 26.7 Å². The van der Waals surface area contributed by atoms with Gasteiger partial charge in [-0.05, 0) is 11.6 Å². The predicted molar refractivity (Wildman–Crippen MR) is 92.3 cm³/mol. The first-order chi connectivity index (χ1) is 11.3. The smallest absolute Gasteiger partial charge is 0.192 e. The molecule has 0 fully saturated rings. The second-order valence-corrected chi connectivity index (χ2v) is 6.03. The fourth-order valence-corrected chi connectivity index (χ4v) is 3.28. The van der Waals surface area contributed by atoms with Gasteiger partial charge in [0.05, 0.1) is 6.20 Å². The number of halogens is 1. The van der Waals surface area contributed by atoms with Crippen LogP contribution in [0.5, 0.6) is 0 Å². The van der Waals surface area contributed by atoms with E-state index >= 15 is 0 Å². The minimum Gasteiger partial charge on any atom is -0.297 e. The molecule has 0 radical (unpaired) electrons. The molecule has 0 aliphatic carbocycles. The van der Waals surface area contributed by atoms with E-state index in [0.717, 1.165) is 21.5 Å². The van der Waals surface area contributed by atoms with Crippen LogP contribution in [0.1, 0.15) is 5.56 Å². The van der Waals surface area contributed by atoms with Crippen LogP contribution in [0.3, 0.4) is 0 Å². The van der Waals surface area contributed by atoms with Crippen molar-refractivity contribution in [3.8, 4) is 11.5 Å². The quantitative estimate of drug-likeness (QED) is 0.502. The number of benzene rings is 1. The zero-order valence-corrected chi connectivity index (χ0v) is 13.8. The summed E-state index contributed by atoms with van der Waals surface area (Å²) in [6, 6.07) is 7.79. The maximum atomic E-state index is 6.20. The normalized spacial score (nSPS) is 10.7. The van der Waals surface area contributed by atoms with Gasteiger partial charge in [0.2, 0.25) is 0 Å². The Hall–Kier alpha value is -2.18. The number of allylic oxidation sites excluding steroid dienone is 1. The maximum Gasteiger partial charge on any atom is 0.192 e. The topological polar surface area (TPSA) is 56.5 Å². The number of rotatable bonds is 6. The minimum atomic E-state index is 0.601. The monoisotopic (exact) mass is 343 g/mol. The van der Waals surface area contributed by atoms with Gasteiger partial charge in [-0.25, -0.2) is 4.98 Å². The van der Waals surface area contributed by atoms with E-state index in [1.54, 1.807) is 30.4 Å². The maximum absolute atomic E-state index is 6.20. The highest BCUT2D eigenvalue weighted by molar-refractivity contribution is 7.98. The molecule has 0 aliphatic heterocycles. The van der Waals surface area contributed by atoms with Gasteiger partial charge in [0, 0.05) is 29.7 Å². The number of hydrogen-bond acceptors (Lipinski definition) is 5. The first-order valence-corrected chi connectivity index (χ1v) is 8.32. The fourth-order valence-electron chi connectivity index (χ4n) is 2.05. The first kappa shape index (κ1) is 15.7. The molecule has 0 amide bonds. The Morgan fingerprint density at radius 3 is 2.83 bits per heavy atom. The van der Waals surface area contributed by atoms with E-state index in [4.69, 9.17) is 11.6 Å². The van der Waals surface area contributed by atoms with Gasteiger partial charge in [0.15, 0.2) is 11.0 Å². The molecule has 0 saturated heterocycles. The highest BCUT2D eigenvalue weighted by atomic mass is 35.5. The van der Waals surface area contributed by atoms with Gasteiger partial charge in [-0.1, -0.05) is 47.6 Å². The van der Waals surface area contributed by atoms with Crippen LogP contribution in [-0.2, 0) is 12.3 Å². The summed E-state index contributed by atoms with van der Waals surface area (Å²) in [5.41, 5.74) is 1.75. The summed E-state index contributed by atoms with van der Waals surface area (Å²) in [5, 5.41) is 10.1. The molecule has 3 aromatic rings. The molecule has 0 unspecified atom stereocenters. The molecule has 0 aliphatic rings. The standard InChI is InChI=1S/C16H14ClN5S/c1-2-9-22-15(14-10-18-7-8-19-14)20-21-16(22)23-11-12-5-3-4-6-13(12)17/h2-8,10H,1,9,11H2. The molecule has 0 atom stereocenters. The molecule has 0 saturated carbocycles. The molecule has 7 heteroatoms. The summed E-state index contributed by atoms with van der Waals surface area (Å²) < 4.78 is 1.97. The van der Waals surface area contributed by atoms with Crippen molar-refractivity contribution in [1.29, 1.82) is 0 Å². The van der Waals surface area contributed by atoms with E-state index < -0.39 is 0 Å². The van der Waals surface area contributed by atoms with Crippen LogP contribution in [0, 0.1) is 0 Å². The third-order valence-corrected chi connectivity index (χ3v) is 4.52. The summed E-state index contributed by atoms with van der Waals surface area (Å²) in [6.45, 7) is 4.40. The number of nitrogens with zero attached hydrogens (tertiary/aromatic N) is 5. The Kier molecular flexibility index (Phi) is 5.05. The second-order valence-electron chi connectivity index (χ2n) is 4.68.